The fourth-order valence-corrected chi connectivity index (χ4v) is 2.02. The molecule has 0 amide bonds. The highest BCUT2D eigenvalue weighted by atomic mass is 19.1. The van der Waals surface area contributed by atoms with Crippen molar-refractivity contribution in [3.05, 3.63) is 53.6 Å². The van der Waals surface area contributed by atoms with Crippen LogP contribution < -0.4 is 5.73 Å². The van der Waals surface area contributed by atoms with Crippen LogP contribution in [0.4, 0.5) is 14.5 Å². The molecular formula is C16H17F2N. The van der Waals surface area contributed by atoms with E-state index in [0.29, 0.717) is 5.56 Å². The Hall–Kier alpha value is -1.90. The first-order valence-electron chi connectivity index (χ1n) is 6.45. The van der Waals surface area contributed by atoms with Crippen LogP contribution in [0.25, 0.3) is 11.1 Å². The molecule has 0 fully saturated rings. The van der Waals surface area contributed by atoms with E-state index in [0.717, 1.165) is 31.4 Å². The molecule has 0 saturated carbocycles. The van der Waals surface area contributed by atoms with Gasteiger partial charge in [0.05, 0.1) is 5.69 Å². The van der Waals surface area contributed by atoms with Crippen molar-refractivity contribution in [1.29, 1.82) is 0 Å². The zero-order chi connectivity index (χ0) is 13.8. The molecule has 0 bridgehead atoms. The molecule has 0 aromatic heterocycles. The van der Waals surface area contributed by atoms with Crippen molar-refractivity contribution in [2.45, 2.75) is 26.2 Å². The number of hydrogen-bond acceptors (Lipinski definition) is 1. The van der Waals surface area contributed by atoms with Crippen LogP contribution in [0.1, 0.15) is 25.3 Å². The third-order valence-corrected chi connectivity index (χ3v) is 3.17. The van der Waals surface area contributed by atoms with Crippen LogP contribution in [0.3, 0.4) is 0 Å². The maximum Gasteiger partial charge on any atom is 0.146 e. The summed E-state index contributed by atoms with van der Waals surface area (Å²) < 4.78 is 27.2. The number of nitrogens with two attached hydrogens (primary N) is 1. The summed E-state index contributed by atoms with van der Waals surface area (Å²) in [6.45, 7) is 2.14. The molecule has 2 aromatic rings. The molecule has 19 heavy (non-hydrogen) atoms. The van der Waals surface area contributed by atoms with Gasteiger partial charge in [-0.15, -0.1) is 0 Å². The topological polar surface area (TPSA) is 26.0 Å². The van der Waals surface area contributed by atoms with Gasteiger partial charge in [-0.1, -0.05) is 37.6 Å². The fraction of sp³-hybridized carbons (Fsp3) is 0.250. The van der Waals surface area contributed by atoms with E-state index < -0.39 is 11.6 Å². The Kier molecular flexibility index (Phi) is 4.15. The highest BCUT2D eigenvalue weighted by Gasteiger charge is 2.09. The molecule has 0 spiro atoms. The molecular weight excluding hydrogens is 244 g/mol. The zero-order valence-corrected chi connectivity index (χ0v) is 10.9. The average Bonchev–Trinajstić information content (AvgIpc) is 2.41. The predicted octanol–water partition coefficient (Wildman–Crippen LogP) is 4.56. The Morgan fingerprint density at radius 1 is 1.00 bits per heavy atom. The summed E-state index contributed by atoms with van der Waals surface area (Å²) in [4.78, 5) is 0. The lowest BCUT2D eigenvalue weighted by molar-refractivity contribution is 0.607. The highest BCUT2D eigenvalue weighted by Crippen LogP contribution is 2.27. The molecule has 0 heterocycles. The third-order valence-electron chi connectivity index (χ3n) is 3.17. The van der Waals surface area contributed by atoms with E-state index in [1.807, 2.05) is 24.3 Å². The quantitative estimate of drug-likeness (QED) is 0.802. The van der Waals surface area contributed by atoms with E-state index in [-0.39, 0.29) is 11.3 Å². The second-order valence-corrected chi connectivity index (χ2v) is 4.65. The number of unbranched alkanes of at least 4 members (excludes halogenated alkanes) is 1. The monoisotopic (exact) mass is 261 g/mol. The fourth-order valence-electron chi connectivity index (χ4n) is 2.02. The minimum Gasteiger partial charge on any atom is -0.396 e. The molecule has 1 nitrogen and oxygen atoms in total. The normalized spacial score (nSPS) is 10.7. The molecule has 0 saturated heterocycles. The SMILES string of the molecule is CCCCc1ccc(-c2cc(F)c(N)cc2F)cc1. The van der Waals surface area contributed by atoms with E-state index in [4.69, 9.17) is 5.73 Å². The second-order valence-electron chi connectivity index (χ2n) is 4.65. The maximum absolute atomic E-state index is 13.8. The number of hydrogen-bond donors (Lipinski definition) is 1. The van der Waals surface area contributed by atoms with Gasteiger partial charge in [0.25, 0.3) is 0 Å². The van der Waals surface area contributed by atoms with Crippen LogP contribution >= 0.6 is 0 Å². The molecule has 0 unspecified atom stereocenters. The molecule has 0 aliphatic carbocycles. The van der Waals surface area contributed by atoms with Crippen molar-refractivity contribution in [2.24, 2.45) is 0 Å². The van der Waals surface area contributed by atoms with Gasteiger partial charge in [-0.2, -0.15) is 0 Å². The third kappa shape index (κ3) is 3.11. The van der Waals surface area contributed by atoms with Crippen LogP contribution in [0.5, 0.6) is 0 Å². The lowest BCUT2D eigenvalue weighted by Gasteiger charge is -2.07. The zero-order valence-electron chi connectivity index (χ0n) is 10.9. The maximum atomic E-state index is 13.8. The van der Waals surface area contributed by atoms with Crippen molar-refractivity contribution in [1.82, 2.24) is 0 Å². The molecule has 0 aliphatic heterocycles. The van der Waals surface area contributed by atoms with Gasteiger partial charge >= 0.3 is 0 Å². The number of aryl methyl sites for hydroxylation is 1. The predicted molar refractivity (Wildman–Crippen MR) is 74.8 cm³/mol. The van der Waals surface area contributed by atoms with Crippen LogP contribution in [-0.4, -0.2) is 0 Å². The number of halogens is 2. The first kappa shape index (κ1) is 13.5. The van der Waals surface area contributed by atoms with E-state index >= 15 is 0 Å². The number of nitrogen functional groups attached to an aromatic ring is 1. The molecule has 0 radical (unpaired) electrons. The Morgan fingerprint density at radius 2 is 1.68 bits per heavy atom. The summed E-state index contributed by atoms with van der Waals surface area (Å²) in [6, 6.07) is 9.72. The summed E-state index contributed by atoms with van der Waals surface area (Å²) in [6.07, 6.45) is 3.28. The molecule has 2 aromatic carbocycles. The summed E-state index contributed by atoms with van der Waals surface area (Å²) in [7, 11) is 0. The van der Waals surface area contributed by atoms with Gasteiger partial charge in [-0.3, -0.25) is 0 Å². The average molecular weight is 261 g/mol. The Bertz CT molecular complexity index is 562. The Morgan fingerprint density at radius 3 is 2.32 bits per heavy atom. The van der Waals surface area contributed by atoms with E-state index in [1.165, 1.54) is 5.56 Å². The molecule has 0 atom stereocenters. The molecule has 100 valence electrons. The van der Waals surface area contributed by atoms with Crippen molar-refractivity contribution in [2.75, 3.05) is 5.73 Å². The number of anilines is 1. The van der Waals surface area contributed by atoms with Crippen molar-refractivity contribution in [3.63, 3.8) is 0 Å². The lowest BCUT2D eigenvalue weighted by Crippen LogP contribution is -1.94. The Balaban J connectivity index is 2.29. The smallest absolute Gasteiger partial charge is 0.146 e. The van der Waals surface area contributed by atoms with Crippen LogP contribution in [-0.2, 0) is 6.42 Å². The van der Waals surface area contributed by atoms with Crippen molar-refractivity contribution < 1.29 is 8.78 Å². The van der Waals surface area contributed by atoms with Gasteiger partial charge in [-0.25, -0.2) is 8.78 Å². The van der Waals surface area contributed by atoms with Gasteiger partial charge in [0.15, 0.2) is 0 Å². The Labute approximate surface area is 112 Å². The first-order valence-corrected chi connectivity index (χ1v) is 6.45. The van der Waals surface area contributed by atoms with Gasteiger partial charge in [0, 0.05) is 11.6 Å². The van der Waals surface area contributed by atoms with Crippen molar-refractivity contribution in [3.8, 4) is 11.1 Å². The van der Waals surface area contributed by atoms with Crippen LogP contribution in [0.2, 0.25) is 0 Å². The number of benzene rings is 2. The summed E-state index contributed by atoms with van der Waals surface area (Å²) in [5, 5.41) is 0. The van der Waals surface area contributed by atoms with Gasteiger partial charge in [0.1, 0.15) is 11.6 Å². The second kappa shape index (κ2) is 5.83. The minimum absolute atomic E-state index is 0.166. The molecule has 2 N–H and O–H groups in total. The standard InChI is InChI=1S/C16H17F2N/c1-2-3-4-11-5-7-12(8-6-11)13-9-15(18)16(19)10-14(13)17/h5-10H,2-4,19H2,1H3. The van der Waals surface area contributed by atoms with Gasteiger partial charge in [-0.05, 0) is 30.0 Å². The van der Waals surface area contributed by atoms with E-state index in [2.05, 4.69) is 6.92 Å². The van der Waals surface area contributed by atoms with Crippen LogP contribution in [0, 0.1) is 11.6 Å². The summed E-state index contributed by atoms with van der Waals surface area (Å²) >= 11 is 0. The first-order chi connectivity index (χ1) is 9.11. The van der Waals surface area contributed by atoms with Crippen molar-refractivity contribution >= 4 is 5.69 Å². The molecule has 3 heteroatoms. The van der Waals surface area contributed by atoms with Crippen LogP contribution in [0.15, 0.2) is 36.4 Å². The summed E-state index contributed by atoms with van der Waals surface area (Å²) in [5.41, 5.74) is 7.28. The largest absolute Gasteiger partial charge is 0.396 e. The van der Waals surface area contributed by atoms with E-state index in [9.17, 15) is 8.78 Å². The van der Waals surface area contributed by atoms with Gasteiger partial charge < -0.3 is 5.73 Å². The number of rotatable bonds is 4. The van der Waals surface area contributed by atoms with E-state index in [1.54, 1.807) is 0 Å². The summed E-state index contributed by atoms with van der Waals surface area (Å²) in [5.74, 6) is -1.09. The molecule has 2 rings (SSSR count). The molecule has 0 aliphatic rings. The minimum atomic E-state index is -0.591. The highest BCUT2D eigenvalue weighted by molar-refractivity contribution is 5.67. The lowest BCUT2D eigenvalue weighted by atomic mass is 10.0. The van der Waals surface area contributed by atoms with Gasteiger partial charge in [0.2, 0.25) is 0 Å².